The maximum absolute atomic E-state index is 13.1. The van der Waals surface area contributed by atoms with Crippen molar-refractivity contribution >= 4 is 50.9 Å². The van der Waals surface area contributed by atoms with Crippen LogP contribution in [0.15, 0.2) is 34.8 Å². The fourth-order valence-electron chi connectivity index (χ4n) is 3.06. The van der Waals surface area contributed by atoms with Gasteiger partial charge in [-0.25, -0.2) is 0 Å². The van der Waals surface area contributed by atoms with Crippen LogP contribution in [0.5, 0.6) is 5.75 Å². The van der Waals surface area contributed by atoms with E-state index in [0.29, 0.717) is 21.4 Å². The molecule has 0 radical (unpaired) electrons. The van der Waals surface area contributed by atoms with Crippen molar-refractivity contribution in [3.8, 4) is 5.75 Å². The number of hydrogen-bond acceptors (Lipinski definition) is 3. The van der Waals surface area contributed by atoms with Gasteiger partial charge in [-0.3, -0.25) is 9.59 Å². The summed E-state index contributed by atoms with van der Waals surface area (Å²) in [4.78, 5) is 27.2. The summed E-state index contributed by atoms with van der Waals surface area (Å²) in [6.07, 6.45) is 0. The third kappa shape index (κ3) is 6.86. The van der Waals surface area contributed by atoms with Gasteiger partial charge in [0.1, 0.15) is 11.8 Å². The first-order valence-electron chi connectivity index (χ1n) is 9.93. The lowest BCUT2D eigenvalue weighted by molar-refractivity contribution is -0.142. The van der Waals surface area contributed by atoms with Gasteiger partial charge in [-0.2, -0.15) is 0 Å². The number of benzene rings is 2. The molecule has 1 N–H and O–H groups in total. The monoisotopic (exact) mass is 528 g/mol. The first-order valence-corrected chi connectivity index (χ1v) is 11.5. The number of carbonyl (C=O) groups is 2. The minimum Gasteiger partial charge on any atom is -0.484 e. The summed E-state index contributed by atoms with van der Waals surface area (Å²) in [5.74, 6) is -0.0240. The average Bonchev–Trinajstić information content (AvgIpc) is 2.69. The Morgan fingerprint density at radius 1 is 1.10 bits per heavy atom. The zero-order chi connectivity index (χ0) is 23.3. The molecule has 0 saturated carbocycles. The maximum Gasteiger partial charge on any atom is 0.261 e. The van der Waals surface area contributed by atoms with E-state index < -0.39 is 6.04 Å². The minimum absolute atomic E-state index is 0.0548. The molecular weight excluding hydrogens is 503 g/mol. The molecule has 2 aromatic carbocycles. The molecule has 168 valence electrons. The van der Waals surface area contributed by atoms with Crippen molar-refractivity contribution in [2.45, 2.75) is 53.2 Å². The highest BCUT2D eigenvalue weighted by atomic mass is 79.9. The second kappa shape index (κ2) is 11.2. The summed E-state index contributed by atoms with van der Waals surface area (Å²) in [5.41, 5.74) is 2.59. The van der Waals surface area contributed by atoms with Crippen LogP contribution in [0, 0.1) is 13.8 Å². The lowest BCUT2D eigenvalue weighted by atomic mass is 10.1. The largest absolute Gasteiger partial charge is 0.484 e. The smallest absolute Gasteiger partial charge is 0.261 e. The Hall–Kier alpha value is -1.76. The molecule has 2 amide bonds. The molecule has 1 atom stereocenters. The Morgan fingerprint density at radius 3 is 2.16 bits per heavy atom. The highest BCUT2D eigenvalue weighted by molar-refractivity contribution is 9.10. The molecule has 0 saturated heterocycles. The van der Waals surface area contributed by atoms with Gasteiger partial charge in [0.15, 0.2) is 6.61 Å². The Labute approximate surface area is 202 Å². The number of ether oxygens (including phenoxy) is 1. The van der Waals surface area contributed by atoms with Crippen molar-refractivity contribution in [1.82, 2.24) is 10.2 Å². The Balaban J connectivity index is 2.26. The molecule has 2 aromatic rings. The molecule has 0 aliphatic heterocycles. The topological polar surface area (TPSA) is 58.6 Å². The first kappa shape index (κ1) is 25.5. The number of carbonyl (C=O) groups excluding carboxylic acids is 2. The van der Waals surface area contributed by atoms with Gasteiger partial charge in [0.2, 0.25) is 5.91 Å². The van der Waals surface area contributed by atoms with Crippen LogP contribution in [-0.2, 0) is 16.1 Å². The SMILES string of the molecule is Cc1cc(OCC(=O)N(Cc2c(Cl)cccc2Cl)[C@H](C)C(=O)NC(C)C)cc(C)c1Br. The van der Waals surface area contributed by atoms with Crippen molar-refractivity contribution in [3.63, 3.8) is 0 Å². The highest BCUT2D eigenvalue weighted by Gasteiger charge is 2.28. The first-order chi connectivity index (χ1) is 14.5. The van der Waals surface area contributed by atoms with E-state index in [1.54, 1.807) is 25.1 Å². The molecule has 2 rings (SSSR count). The van der Waals surface area contributed by atoms with Crippen molar-refractivity contribution in [3.05, 3.63) is 61.5 Å². The van der Waals surface area contributed by atoms with Gasteiger partial charge in [-0.05, 0) is 70.0 Å². The van der Waals surface area contributed by atoms with Crippen LogP contribution < -0.4 is 10.1 Å². The number of amides is 2. The maximum atomic E-state index is 13.1. The van der Waals surface area contributed by atoms with Crippen molar-refractivity contribution in [1.29, 1.82) is 0 Å². The molecule has 0 unspecified atom stereocenters. The van der Waals surface area contributed by atoms with E-state index in [1.807, 2.05) is 39.8 Å². The molecule has 0 fully saturated rings. The number of nitrogens with zero attached hydrogens (tertiary/aromatic N) is 1. The molecule has 0 aliphatic rings. The second-order valence-corrected chi connectivity index (χ2v) is 9.33. The molecule has 0 spiro atoms. The summed E-state index contributed by atoms with van der Waals surface area (Å²) >= 11 is 16.1. The summed E-state index contributed by atoms with van der Waals surface area (Å²) in [6.45, 7) is 9.18. The minimum atomic E-state index is -0.737. The number of hydrogen-bond donors (Lipinski definition) is 1. The van der Waals surface area contributed by atoms with Crippen LogP contribution in [0.4, 0.5) is 0 Å². The van der Waals surface area contributed by atoms with Crippen LogP contribution >= 0.6 is 39.1 Å². The van der Waals surface area contributed by atoms with Gasteiger partial charge in [0, 0.05) is 32.7 Å². The van der Waals surface area contributed by atoms with Gasteiger partial charge in [-0.1, -0.05) is 45.2 Å². The fourth-order valence-corrected chi connectivity index (χ4v) is 3.80. The standard InChI is InChI=1S/C23H27BrCl2N2O3/c1-13(2)27-23(30)16(5)28(11-18-19(25)7-6-8-20(18)26)21(29)12-31-17-9-14(3)22(24)15(4)10-17/h6-10,13,16H,11-12H2,1-5H3,(H,27,30)/t16-/m1/s1. The Morgan fingerprint density at radius 2 is 1.65 bits per heavy atom. The third-order valence-corrected chi connectivity index (χ3v) is 6.72. The van der Waals surface area contributed by atoms with Crippen LogP contribution in [0.25, 0.3) is 0 Å². The molecular formula is C23H27BrCl2N2O3. The van der Waals surface area contributed by atoms with Crippen molar-refractivity contribution in [2.24, 2.45) is 0 Å². The van der Waals surface area contributed by atoms with Gasteiger partial charge in [-0.15, -0.1) is 0 Å². The normalized spacial score (nSPS) is 11.9. The molecule has 0 aliphatic carbocycles. The van der Waals surface area contributed by atoms with Gasteiger partial charge >= 0.3 is 0 Å². The molecule has 5 nitrogen and oxygen atoms in total. The summed E-state index contributed by atoms with van der Waals surface area (Å²) in [5, 5.41) is 3.71. The third-order valence-electron chi connectivity index (χ3n) is 4.76. The van der Waals surface area contributed by atoms with E-state index >= 15 is 0 Å². The zero-order valence-electron chi connectivity index (χ0n) is 18.3. The lowest BCUT2D eigenvalue weighted by Gasteiger charge is -2.30. The van der Waals surface area contributed by atoms with Gasteiger partial charge < -0.3 is 15.0 Å². The van der Waals surface area contributed by atoms with E-state index in [-0.39, 0.29) is 31.0 Å². The summed E-state index contributed by atoms with van der Waals surface area (Å²) in [7, 11) is 0. The lowest BCUT2D eigenvalue weighted by Crippen LogP contribution is -2.50. The van der Waals surface area contributed by atoms with Gasteiger partial charge in [0.05, 0.1) is 0 Å². The average molecular weight is 530 g/mol. The Bertz CT molecular complexity index is 923. The van der Waals surface area contributed by atoms with E-state index in [0.717, 1.165) is 15.6 Å². The van der Waals surface area contributed by atoms with E-state index in [2.05, 4.69) is 21.2 Å². The molecule has 8 heteroatoms. The van der Waals surface area contributed by atoms with Crippen molar-refractivity contribution < 1.29 is 14.3 Å². The second-order valence-electron chi connectivity index (χ2n) is 7.72. The fraction of sp³-hybridized carbons (Fsp3) is 0.391. The summed E-state index contributed by atoms with van der Waals surface area (Å²) < 4.78 is 6.77. The zero-order valence-corrected chi connectivity index (χ0v) is 21.4. The molecule has 0 aromatic heterocycles. The summed E-state index contributed by atoms with van der Waals surface area (Å²) in [6, 6.07) is 8.06. The number of halogens is 3. The quantitative estimate of drug-likeness (QED) is 0.477. The van der Waals surface area contributed by atoms with E-state index in [1.165, 1.54) is 4.90 Å². The predicted octanol–water partition coefficient (Wildman–Crippen LogP) is 5.69. The van der Waals surface area contributed by atoms with Crippen LogP contribution in [-0.4, -0.2) is 35.4 Å². The van der Waals surface area contributed by atoms with Gasteiger partial charge in [0.25, 0.3) is 5.91 Å². The Kier molecular flexibility index (Phi) is 9.22. The number of aryl methyl sites for hydroxylation is 2. The predicted molar refractivity (Wildman–Crippen MR) is 129 cm³/mol. The highest BCUT2D eigenvalue weighted by Crippen LogP contribution is 2.28. The molecule has 0 bridgehead atoms. The van der Waals surface area contributed by atoms with E-state index in [9.17, 15) is 9.59 Å². The molecule has 0 heterocycles. The van der Waals surface area contributed by atoms with Crippen LogP contribution in [0.3, 0.4) is 0 Å². The van der Waals surface area contributed by atoms with Crippen LogP contribution in [0.2, 0.25) is 10.0 Å². The van der Waals surface area contributed by atoms with Crippen molar-refractivity contribution in [2.75, 3.05) is 6.61 Å². The van der Waals surface area contributed by atoms with E-state index in [4.69, 9.17) is 27.9 Å². The number of nitrogens with one attached hydrogen (secondary N) is 1. The molecule has 31 heavy (non-hydrogen) atoms. The van der Waals surface area contributed by atoms with Crippen LogP contribution in [0.1, 0.15) is 37.5 Å². The number of rotatable bonds is 8.